The number of allylic oxidation sites excluding steroid dienone is 11. The zero-order valence-electron chi connectivity index (χ0n) is 44.3. The van der Waals surface area contributed by atoms with Crippen LogP contribution >= 0.6 is 7.82 Å². The van der Waals surface area contributed by atoms with Gasteiger partial charge in [-0.2, -0.15) is 0 Å². The van der Waals surface area contributed by atoms with Gasteiger partial charge in [-0.3, -0.25) is 9.36 Å². The summed E-state index contributed by atoms with van der Waals surface area (Å²) in [5, 5.41) is 13.8. The maximum absolute atomic E-state index is 12.9. The van der Waals surface area contributed by atoms with Crippen LogP contribution in [-0.4, -0.2) is 68.5 Å². The number of phosphoric ester groups is 1. The standard InChI is InChI=1S/C58H107N2O6P/c1-6-8-10-12-14-16-18-20-22-24-26-27-28-29-30-31-32-33-34-36-38-40-42-44-46-48-50-52-58(62)59-56(55-66-67(63,64)65-54-53-60(3,4)5)57(61)51-49-47-45-43-41-39-37-35-25-23-21-19-17-15-13-11-9-7-2/h18,20,24-26,28-29,35,41,43,49,51,56-57,61H,6-17,19,21-23,27,30-34,36-40,42,44-48,50,52-55H2,1-5H3,(H-,59,62,63,64)/b20-18-,26-24-,29-28-,35-25+,43-41+,51-49+. The molecule has 0 aromatic rings. The van der Waals surface area contributed by atoms with Gasteiger partial charge in [0.05, 0.1) is 39.9 Å². The summed E-state index contributed by atoms with van der Waals surface area (Å²) >= 11 is 0. The second kappa shape index (κ2) is 48.9. The number of phosphoric acid groups is 1. The lowest BCUT2D eigenvalue weighted by molar-refractivity contribution is -0.870. The number of aliphatic hydroxyl groups excluding tert-OH is 1. The Kier molecular flexibility index (Phi) is 47.4. The molecule has 0 saturated carbocycles. The number of rotatable bonds is 50. The lowest BCUT2D eigenvalue weighted by Crippen LogP contribution is -2.45. The van der Waals surface area contributed by atoms with E-state index < -0.39 is 26.6 Å². The first-order valence-corrected chi connectivity index (χ1v) is 29.3. The Morgan fingerprint density at radius 1 is 0.522 bits per heavy atom. The molecular weight excluding hydrogens is 852 g/mol. The van der Waals surface area contributed by atoms with E-state index in [1.54, 1.807) is 6.08 Å². The molecule has 0 aliphatic carbocycles. The molecule has 0 fully saturated rings. The van der Waals surface area contributed by atoms with E-state index in [-0.39, 0.29) is 12.5 Å². The van der Waals surface area contributed by atoms with Crippen LogP contribution in [-0.2, 0) is 18.4 Å². The average Bonchev–Trinajstić information content (AvgIpc) is 3.29. The second-order valence-electron chi connectivity index (χ2n) is 19.9. The Morgan fingerprint density at radius 2 is 0.881 bits per heavy atom. The first kappa shape index (κ1) is 64.9. The molecule has 0 radical (unpaired) electrons. The quantitative estimate of drug-likeness (QED) is 0.0272. The number of nitrogens with zero attached hydrogens (tertiary/aromatic N) is 1. The Balaban J connectivity index is 4.28. The minimum absolute atomic E-state index is 0.0118. The molecule has 2 N–H and O–H groups in total. The van der Waals surface area contributed by atoms with Gasteiger partial charge >= 0.3 is 0 Å². The summed E-state index contributed by atoms with van der Waals surface area (Å²) in [5.41, 5.74) is 0. The summed E-state index contributed by atoms with van der Waals surface area (Å²) in [4.78, 5) is 25.5. The number of likely N-dealkylation sites (N-methyl/N-ethyl adjacent to an activating group) is 1. The fraction of sp³-hybridized carbons (Fsp3) is 0.776. The monoisotopic (exact) mass is 959 g/mol. The van der Waals surface area contributed by atoms with Crippen molar-refractivity contribution in [2.45, 2.75) is 251 Å². The van der Waals surface area contributed by atoms with Crippen LogP contribution in [0.1, 0.15) is 239 Å². The summed E-state index contributed by atoms with van der Waals surface area (Å²) in [5.74, 6) is -0.215. The van der Waals surface area contributed by atoms with E-state index in [9.17, 15) is 19.4 Å². The van der Waals surface area contributed by atoms with Crippen LogP contribution < -0.4 is 10.2 Å². The Labute approximate surface area is 414 Å². The van der Waals surface area contributed by atoms with Gasteiger partial charge in [-0.05, 0) is 83.5 Å². The smallest absolute Gasteiger partial charge is 0.268 e. The zero-order valence-corrected chi connectivity index (χ0v) is 45.2. The summed E-state index contributed by atoms with van der Waals surface area (Å²) in [6.45, 7) is 4.61. The lowest BCUT2D eigenvalue weighted by Gasteiger charge is -2.29. The number of unbranched alkanes of at least 4 members (excludes halogenated alkanes) is 27. The van der Waals surface area contributed by atoms with Gasteiger partial charge in [0, 0.05) is 6.42 Å². The van der Waals surface area contributed by atoms with Gasteiger partial charge in [0.25, 0.3) is 7.82 Å². The molecule has 3 unspecified atom stereocenters. The maximum Gasteiger partial charge on any atom is 0.268 e. The Bertz CT molecular complexity index is 1320. The van der Waals surface area contributed by atoms with Gasteiger partial charge in [-0.1, -0.05) is 222 Å². The number of hydrogen-bond acceptors (Lipinski definition) is 6. The van der Waals surface area contributed by atoms with Gasteiger partial charge < -0.3 is 28.8 Å². The third-order valence-electron chi connectivity index (χ3n) is 12.1. The van der Waals surface area contributed by atoms with Gasteiger partial charge in [-0.25, -0.2) is 0 Å². The minimum Gasteiger partial charge on any atom is -0.756 e. The van der Waals surface area contributed by atoms with Crippen LogP contribution in [0.15, 0.2) is 72.9 Å². The van der Waals surface area contributed by atoms with Gasteiger partial charge in [0.1, 0.15) is 13.2 Å². The Morgan fingerprint density at radius 3 is 1.31 bits per heavy atom. The summed E-state index contributed by atoms with van der Waals surface area (Å²) in [7, 11) is 1.23. The van der Waals surface area contributed by atoms with E-state index in [0.29, 0.717) is 17.4 Å². The highest BCUT2D eigenvalue weighted by Gasteiger charge is 2.23. The molecular formula is C58H107N2O6P. The van der Waals surface area contributed by atoms with E-state index in [4.69, 9.17) is 9.05 Å². The van der Waals surface area contributed by atoms with Crippen molar-refractivity contribution in [1.29, 1.82) is 0 Å². The van der Waals surface area contributed by atoms with E-state index >= 15 is 0 Å². The molecule has 0 saturated heterocycles. The van der Waals surface area contributed by atoms with Crippen molar-refractivity contribution in [3.63, 3.8) is 0 Å². The van der Waals surface area contributed by atoms with Crippen LogP contribution in [0.3, 0.4) is 0 Å². The predicted octanol–water partition coefficient (Wildman–Crippen LogP) is 16.1. The zero-order chi connectivity index (χ0) is 49.2. The molecule has 9 heteroatoms. The molecule has 390 valence electrons. The van der Waals surface area contributed by atoms with Crippen molar-refractivity contribution in [3.8, 4) is 0 Å². The van der Waals surface area contributed by atoms with E-state index in [1.807, 2.05) is 27.2 Å². The van der Waals surface area contributed by atoms with Crippen LogP contribution in [0.2, 0.25) is 0 Å². The molecule has 0 heterocycles. The van der Waals surface area contributed by atoms with Crippen molar-refractivity contribution in [3.05, 3.63) is 72.9 Å². The maximum atomic E-state index is 12.9. The first-order valence-electron chi connectivity index (χ1n) is 27.8. The largest absolute Gasteiger partial charge is 0.756 e. The van der Waals surface area contributed by atoms with Crippen molar-refractivity contribution in [2.24, 2.45) is 0 Å². The minimum atomic E-state index is -4.61. The lowest BCUT2D eigenvalue weighted by atomic mass is 10.0. The van der Waals surface area contributed by atoms with Crippen molar-refractivity contribution in [2.75, 3.05) is 40.9 Å². The second-order valence-corrected chi connectivity index (χ2v) is 21.3. The van der Waals surface area contributed by atoms with Crippen LogP contribution in [0.4, 0.5) is 0 Å². The van der Waals surface area contributed by atoms with Gasteiger partial charge in [0.2, 0.25) is 5.91 Å². The summed E-state index contributed by atoms with van der Waals surface area (Å²) in [6, 6.07) is -0.914. The topological polar surface area (TPSA) is 108 Å². The number of carbonyl (C=O) groups excluding carboxylic acids is 1. The van der Waals surface area contributed by atoms with Gasteiger partial charge in [-0.15, -0.1) is 0 Å². The number of aliphatic hydroxyl groups is 1. The van der Waals surface area contributed by atoms with Crippen molar-refractivity contribution >= 4 is 13.7 Å². The van der Waals surface area contributed by atoms with Gasteiger partial charge in [0.15, 0.2) is 0 Å². The fourth-order valence-electron chi connectivity index (χ4n) is 7.72. The molecule has 0 aromatic heterocycles. The third kappa shape index (κ3) is 51.6. The molecule has 0 bridgehead atoms. The summed E-state index contributed by atoms with van der Waals surface area (Å²) < 4.78 is 23.3. The highest BCUT2D eigenvalue weighted by atomic mass is 31.2. The molecule has 0 aromatic carbocycles. The first-order chi connectivity index (χ1) is 32.5. The molecule has 0 rings (SSSR count). The summed E-state index contributed by atoms with van der Waals surface area (Å²) in [6.07, 6.45) is 66.8. The molecule has 0 aliphatic heterocycles. The number of carbonyl (C=O) groups is 1. The third-order valence-corrected chi connectivity index (χ3v) is 13.1. The highest BCUT2D eigenvalue weighted by molar-refractivity contribution is 7.45. The molecule has 1 amide bonds. The van der Waals surface area contributed by atoms with Crippen LogP contribution in [0.25, 0.3) is 0 Å². The number of nitrogens with one attached hydrogen (secondary N) is 1. The van der Waals surface area contributed by atoms with Crippen molar-refractivity contribution < 1.29 is 32.9 Å². The molecule has 67 heavy (non-hydrogen) atoms. The van der Waals surface area contributed by atoms with E-state index in [0.717, 1.165) is 57.8 Å². The highest BCUT2D eigenvalue weighted by Crippen LogP contribution is 2.38. The predicted molar refractivity (Wildman–Crippen MR) is 288 cm³/mol. The number of amides is 1. The van der Waals surface area contributed by atoms with Crippen LogP contribution in [0.5, 0.6) is 0 Å². The van der Waals surface area contributed by atoms with E-state index in [1.165, 1.54) is 161 Å². The van der Waals surface area contributed by atoms with Crippen molar-refractivity contribution in [1.82, 2.24) is 5.32 Å². The average molecular weight is 959 g/mol. The number of quaternary nitrogens is 1. The normalized spacial score (nSPS) is 14.6. The number of hydrogen-bond donors (Lipinski definition) is 2. The fourth-order valence-corrected chi connectivity index (χ4v) is 8.44. The molecule has 0 spiro atoms. The molecule has 8 nitrogen and oxygen atoms in total. The SMILES string of the molecule is CCCCCCC/C=C\C/C=C\C/C=C\CCCCCCCCCCCCCCC(=O)NC(COP(=O)([O-])OCC[N+](C)(C)C)C(O)/C=C/CC/C=C/CC/C=C/CCCCCCCCCC. The molecule has 0 aliphatic rings. The molecule has 3 atom stereocenters. The van der Waals surface area contributed by atoms with Crippen LogP contribution in [0, 0.1) is 0 Å². The Hall–Kier alpha value is -2.06. The van der Waals surface area contributed by atoms with E-state index in [2.05, 4.69) is 79.9 Å².